The molecule has 3 atom stereocenters. The fourth-order valence-electron chi connectivity index (χ4n) is 6.53. The Kier molecular flexibility index (Phi) is 9.72. The van der Waals surface area contributed by atoms with Gasteiger partial charge in [-0.25, -0.2) is 15.0 Å². The molecule has 0 spiro atoms. The van der Waals surface area contributed by atoms with Crippen LogP contribution in [0.3, 0.4) is 0 Å². The molecular weight excluding hydrogens is 634 g/mol. The molecular formula is C39H39N5O6. The SMILES string of the molecule is COc1ccc(C(OC[C@H]2O[C@@H](n3cnc4c(NCc5cccc(CO)c5)ncnc43)C[C@@H]2O)(c2ccccc2)c2ccc(OC)cc2)cc1. The molecule has 7 rings (SSSR count). The number of methoxy groups -OCH3 is 2. The van der Waals surface area contributed by atoms with Crippen LogP contribution in [0.1, 0.15) is 40.5 Å². The van der Waals surface area contributed by atoms with Crippen molar-refractivity contribution in [3.8, 4) is 11.5 Å². The maximum atomic E-state index is 11.3. The number of aliphatic hydroxyl groups excluding tert-OH is 2. The van der Waals surface area contributed by atoms with Gasteiger partial charge in [-0.15, -0.1) is 0 Å². The zero-order chi connectivity index (χ0) is 34.5. The van der Waals surface area contributed by atoms with Gasteiger partial charge in [-0.3, -0.25) is 4.57 Å². The second-order valence-electron chi connectivity index (χ2n) is 12.1. The van der Waals surface area contributed by atoms with E-state index in [-0.39, 0.29) is 13.2 Å². The number of anilines is 1. The summed E-state index contributed by atoms with van der Waals surface area (Å²) >= 11 is 0. The normalized spacial score (nSPS) is 17.6. The maximum absolute atomic E-state index is 11.3. The van der Waals surface area contributed by atoms with E-state index < -0.39 is 24.0 Å². The van der Waals surface area contributed by atoms with Gasteiger partial charge in [-0.2, -0.15) is 0 Å². The lowest BCUT2D eigenvalue weighted by Crippen LogP contribution is -2.38. The average Bonchev–Trinajstić information content (AvgIpc) is 3.78. The van der Waals surface area contributed by atoms with Gasteiger partial charge >= 0.3 is 0 Å². The number of nitrogens with one attached hydrogen (secondary N) is 1. The number of aliphatic hydroxyl groups is 2. The molecule has 0 amide bonds. The molecule has 0 unspecified atom stereocenters. The number of benzene rings is 4. The molecule has 0 bridgehead atoms. The van der Waals surface area contributed by atoms with Crippen LogP contribution in [0.4, 0.5) is 5.82 Å². The van der Waals surface area contributed by atoms with Gasteiger partial charge in [0.1, 0.15) is 35.8 Å². The summed E-state index contributed by atoms with van der Waals surface area (Å²) in [4.78, 5) is 13.6. The van der Waals surface area contributed by atoms with Crippen LogP contribution in [0.5, 0.6) is 11.5 Å². The molecule has 1 aliphatic rings. The lowest BCUT2D eigenvalue weighted by atomic mass is 9.80. The van der Waals surface area contributed by atoms with Gasteiger partial charge in [-0.05, 0) is 52.1 Å². The molecule has 1 saturated heterocycles. The first-order valence-corrected chi connectivity index (χ1v) is 16.4. The zero-order valence-corrected chi connectivity index (χ0v) is 27.8. The van der Waals surface area contributed by atoms with Crippen LogP contribution in [0.25, 0.3) is 11.2 Å². The summed E-state index contributed by atoms with van der Waals surface area (Å²) < 4.78 is 26.3. The van der Waals surface area contributed by atoms with E-state index in [9.17, 15) is 10.2 Å². The van der Waals surface area contributed by atoms with E-state index in [2.05, 4.69) is 20.3 Å². The van der Waals surface area contributed by atoms with E-state index in [4.69, 9.17) is 18.9 Å². The van der Waals surface area contributed by atoms with Gasteiger partial charge in [0.25, 0.3) is 0 Å². The fraction of sp³-hybridized carbons (Fsp3) is 0.256. The molecule has 0 saturated carbocycles. The Morgan fingerprint density at radius 2 is 1.48 bits per heavy atom. The van der Waals surface area contributed by atoms with Gasteiger partial charge in [0.05, 0.1) is 39.9 Å². The molecule has 0 aliphatic carbocycles. The summed E-state index contributed by atoms with van der Waals surface area (Å²) in [5.74, 6) is 2.04. The van der Waals surface area contributed by atoms with Gasteiger partial charge in [-0.1, -0.05) is 78.9 Å². The number of hydrogen-bond acceptors (Lipinski definition) is 10. The Hall–Kier alpha value is -5.33. The van der Waals surface area contributed by atoms with Crippen molar-refractivity contribution < 1.29 is 29.2 Å². The monoisotopic (exact) mass is 673 g/mol. The number of aromatic nitrogens is 4. The summed E-state index contributed by atoms with van der Waals surface area (Å²) in [5, 5.41) is 24.2. The first kappa shape index (κ1) is 33.2. The molecule has 11 heteroatoms. The van der Waals surface area contributed by atoms with E-state index in [1.165, 1.54) is 6.33 Å². The summed E-state index contributed by atoms with van der Waals surface area (Å²) in [5.41, 5.74) is 4.66. The highest BCUT2D eigenvalue weighted by Gasteiger charge is 2.42. The quantitative estimate of drug-likeness (QED) is 0.133. The summed E-state index contributed by atoms with van der Waals surface area (Å²) in [7, 11) is 3.28. The third kappa shape index (κ3) is 6.51. The van der Waals surface area contributed by atoms with E-state index in [1.54, 1.807) is 20.5 Å². The average molecular weight is 674 g/mol. The first-order chi connectivity index (χ1) is 24.5. The van der Waals surface area contributed by atoms with E-state index in [1.807, 2.05) is 108 Å². The molecule has 0 radical (unpaired) electrons. The second-order valence-corrected chi connectivity index (χ2v) is 12.1. The largest absolute Gasteiger partial charge is 0.497 e. The third-order valence-electron chi connectivity index (χ3n) is 9.14. The zero-order valence-electron chi connectivity index (χ0n) is 27.8. The lowest BCUT2D eigenvalue weighted by Gasteiger charge is -2.37. The molecule has 2 aromatic heterocycles. The van der Waals surface area contributed by atoms with Gasteiger partial charge in [0.2, 0.25) is 0 Å². The lowest BCUT2D eigenvalue weighted by molar-refractivity contribution is -0.0931. The van der Waals surface area contributed by atoms with Crippen molar-refractivity contribution >= 4 is 17.0 Å². The number of nitrogens with zero attached hydrogens (tertiary/aromatic N) is 4. The summed E-state index contributed by atoms with van der Waals surface area (Å²) in [6.07, 6.45) is 1.49. The molecule has 11 nitrogen and oxygen atoms in total. The number of hydrogen-bond donors (Lipinski definition) is 3. The Bertz CT molecular complexity index is 1970. The Balaban J connectivity index is 1.16. The van der Waals surface area contributed by atoms with Crippen LogP contribution in [-0.2, 0) is 28.2 Å². The van der Waals surface area contributed by atoms with Crippen molar-refractivity contribution in [3.05, 3.63) is 144 Å². The van der Waals surface area contributed by atoms with Gasteiger partial charge in [0.15, 0.2) is 17.0 Å². The maximum Gasteiger partial charge on any atom is 0.167 e. The van der Waals surface area contributed by atoms with Crippen molar-refractivity contribution in [2.75, 3.05) is 26.1 Å². The molecule has 256 valence electrons. The molecule has 50 heavy (non-hydrogen) atoms. The molecule has 1 aliphatic heterocycles. The highest BCUT2D eigenvalue weighted by molar-refractivity contribution is 5.82. The molecule has 3 N–H and O–H groups in total. The second kappa shape index (κ2) is 14.7. The molecule has 1 fully saturated rings. The van der Waals surface area contributed by atoms with Gasteiger partial charge in [0, 0.05) is 13.0 Å². The van der Waals surface area contributed by atoms with Crippen molar-refractivity contribution in [2.45, 2.75) is 43.6 Å². The minimum atomic E-state index is -1.05. The standard InChI is InChI=1S/C39H39N5O6/c1-47-31-15-11-29(12-16-31)39(28-9-4-3-5-10-28,30-13-17-32(48-2)18-14-30)49-23-34-33(46)20-35(50-34)44-25-43-36-37(41-24-42-38(36)44)40-21-26-7-6-8-27(19-26)22-45/h3-19,24-25,33-35,45-46H,20-23H2,1-2H3,(H,40,41,42)/t33-,34+,35+/m0/s1. The van der Waals surface area contributed by atoms with Crippen molar-refractivity contribution in [1.29, 1.82) is 0 Å². The summed E-state index contributed by atoms with van der Waals surface area (Å²) in [6.45, 7) is 0.563. The van der Waals surface area contributed by atoms with E-state index in [0.717, 1.165) is 39.3 Å². The highest BCUT2D eigenvalue weighted by Crippen LogP contribution is 2.43. The van der Waals surface area contributed by atoms with Crippen LogP contribution < -0.4 is 14.8 Å². The number of rotatable bonds is 13. The minimum Gasteiger partial charge on any atom is -0.497 e. The Morgan fingerprint density at radius 3 is 2.14 bits per heavy atom. The predicted octanol–water partition coefficient (Wildman–Crippen LogP) is 5.61. The number of imidazole rings is 1. The predicted molar refractivity (Wildman–Crippen MR) is 188 cm³/mol. The topological polar surface area (TPSA) is 133 Å². The van der Waals surface area contributed by atoms with Gasteiger partial charge < -0.3 is 34.5 Å². The summed E-state index contributed by atoms with van der Waals surface area (Å²) in [6, 6.07) is 33.4. The van der Waals surface area contributed by atoms with Crippen molar-refractivity contribution in [2.24, 2.45) is 0 Å². The fourth-order valence-corrected chi connectivity index (χ4v) is 6.53. The van der Waals surface area contributed by atoms with Crippen LogP contribution in [0, 0.1) is 0 Å². The highest BCUT2D eigenvalue weighted by atomic mass is 16.6. The molecule has 3 heterocycles. The minimum absolute atomic E-state index is 0.0223. The van der Waals surface area contributed by atoms with Crippen LogP contribution in [-0.4, -0.2) is 62.8 Å². The Morgan fingerprint density at radius 1 is 0.820 bits per heavy atom. The van der Waals surface area contributed by atoms with Crippen LogP contribution >= 0.6 is 0 Å². The van der Waals surface area contributed by atoms with Crippen molar-refractivity contribution in [1.82, 2.24) is 19.5 Å². The van der Waals surface area contributed by atoms with E-state index in [0.29, 0.717) is 29.9 Å². The number of fused-ring (bicyclic) bond motifs is 1. The van der Waals surface area contributed by atoms with Crippen LogP contribution in [0.15, 0.2) is 116 Å². The number of ether oxygens (including phenoxy) is 4. The van der Waals surface area contributed by atoms with Crippen LogP contribution in [0.2, 0.25) is 0 Å². The first-order valence-electron chi connectivity index (χ1n) is 16.4. The van der Waals surface area contributed by atoms with Crippen molar-refractivity contribution in [3.63, 3.8) is 0 Å². The molecule has 6 aromatic rings. The smallest absolute Gasteiger partial charge is 0.167 e. The third-order valence-corrected chi connectivity index (χ3v) is 9.14. The van der Waals surface area contributed by atoms with E-state index >= 15 is 0 Å². The molecule has 4 aromatic carbocycles. The Labute approximate surface area is 290 Å².